The Hall–Kier alpha value is -4.33. The van der Waals surface area contributed by atoms with Crippen LogP contribution in [-0.4, -0.2) is 142 Å². The van der Waals surface area contributed by atoms with E-state index in [4.69, 9.17) is 52.1 Å². The lowest BCUT2D eigenvalue weighted by atomic mass is 9.67. The van der Waals surface area contributed by atoms with Crippen LogP contribution in [0.5, 0.6) is 0 Å². The van der Waals surface area contributed by atoms with Gasteiger partial charge in [0.25, 0.3) is 0 Å². The van der Waals surface area contributed by atoms with Gasteiger partial charge >= 0.3 is 41.9 Å². The fourth-order valence-corrected chi connectivity index (χ4v) is 12.1. The molecule has 5 aliphatic heterocycles. The standard InChI is InChI=1S/C61H103NO18/c1-13-34-60(15-3)35-33-42(7)32-27-23-21-19-18-20-22-26-30-41(6)31-28-24-25-29-37-71-51-48(40-73-59(69)62-36-38-70-50(68)14-2)79-58(56(77-47(12)67)53(51)74-44(9)64)61(16-4,17-5)80-52-49(39-72-43(8)63)78-57(60)55(76-46(11)66)54(52)75-45(10)65/h14,41-42,48-49,51-58H,2,13,15-40H2,1,3-12H3,(H,62,69). The second-order valence-electron chi connectivity index (χ2n) is 22.7. The number of rotatable bonds is 17. The Bertz CT molecular complexity index is 1890. The molecule has 460 valence electrons. The Kier molecular flexibility index (Phi) is 32.3. The normalized spacial score (nSPS) is 30.8. The molecule has 80 heavy (non-hydrogen) atoms. The first kappa shape index (κ1) is 69.9. The van der Waals surface area contributed by atoms with Gasteiger partial charge in [0, 0.05) is 52.7 Å². The molecule has 1 amide bonds. The van der Waals surface area contributed by atoms with Crippen molar-refractivity contribution in [1.82, 2.24) is 5.32 Å². The van der Waals surface area contributed by atoms with Crippen LogP contribution in [0.2, 0.25) is 0 Å². The number of amides is 1. The highest BCUT2D eigenvalue weighted by Crippen LogP contribution is 2.49. The number of carbonyl (C=O) groups excluding carboxylic acids is 7. The lowest BCUT2D eigenvalue weighted by molar-refractivity contribution is -0.330. The molecule has 1 N–H and O–H groups in total. The molecular weight excluding hydrogens is 1030 g/mol. The second-order valence-corrected chi connectivity index (χ2v) is 22.7. The number of hydrogen-bond acceptors (Lipinski definition) is 18. The number of esters is 6. The molecule has 5 rings (SSSR count). The third-order valence-electron chi connectivity index (χ3n) is 16.4. The summed E-state index contributed by atoms with van der Waals surface area (Å²) in [5, 5.41) is 2.55. The van der Waals surface area contributed by atoms with E-state index in [0.717, 1.165) is 57.4 Å². The Morgan fingerprint density at radius 3 is 1.51 bits per heavy atom. The molecule has 0 radical (unpaired) electrons. The third kappa shape index (κ3) is 23.1. The molecule has 0 aromatic heterocycles. The van der Waals surface area contributed by atoms with Crippen molar-refractivity contribution in [2.75, 3.05) is 33.0 Å². The van der Waals surface area contributed by atoms with Crippen molar-refractivity contribution in [3.8, 4) is 0 Å². The van der Waals surface area contributed by atoms with E-state index in [1.807, 2.05) is 13.8 Å². The molecule has 19 nitrogen and oxygen atoms in total. The average molecular weight is 1140 g/mol. The predicted octanol–water partition coefficient (Wildman–Crippen LogP) is 10.7. The lowest BCUT2D eigenvalue weighted by Crippen LogP contribution is -2.71. The predicted molar refractivity (Wildman–Crippen MR) is 299 cm³/mol. The summed E-state index contributed by atoms with van der Waals surface area (Å²) in [6, 6.07) is 0. The Morgan fingerprint density at radius 1 is 0.550 bits per heavy atom. The van der Waals surface area contributed by atoms with E-state index in [9.17, 15) is 33.6 Å². The minimum absolute atomic E-state index is 0.0912. The molecule has 13 atom stereocenters. The zero-order chi connectivity index (χ0) is 59.3. The van der Waals surface area contributed by atoms with Gasteiger partial charge in [0.05, 0.1) is 12.1 Å². The summed E-state index contributed by atoms with van der Waals surface area (Å²) < 4.78 is 69.6. The molecule has 0 saturated carbocycles. The third-order valence-corrected chi connectivity index (χ3v) is 16.4. The van der Waals surface area contributed by atoms with Crippen LogP contribution >= 0.6 is 0 Å². The van der Waals surface area contributed by atoms with Crippen LogP contribution in [0, 0.1) is 17.3 Å². The van der Waals surface area contributed by atoms with Gasteiger partial charge in [-0.15, -0.1) is 0 Å². The Balaban J connectivity index is 2.30. The molecule has 19 heteroatoms. The van der Waals surface area contributed by atoms with Crippen molar-refractivity contribution < 1.29 is 85.7 Å². The topological polar surface area (TPSA) is 233 Å². The fraction of sp³-hybridized carbons (Fsp3) is 0.852. The first-order chi connectivity index (χ1) is 38.2. The van der Waals surface area contributed by atoms with Crippen LogP contribution in [0.15, 0.2) is 12.7 Å². The van der Waals surface area contributed by atoms with Gasteiger partial charge in [0.1, 0.15) is 56.4 Å². The van der Waals surface area contributed by atoms with Crippen molar-refractivity contribution in [3.63, 3.8) is 0 Å². The van der Waals surface area contributed by atoms with Crippen LogP contribution in [0.1, 0.15) is 217 Å². The van der Waals surface area contributed by atoms with Gasteiger partial charge in [-0.3, -0.25) is 24.0 Å². The van der Waals surface area contributed by atoms with E-state index in [1.54, 1.807) is 0 Å². The largest absolute Gasteiger partial charge is 0.463 e. The molecule has 5 saturated heterocycles. The van der Waals surface area contributed by atoms with Gasteiger partial charge in [-0.1, -0.05) is 151 Å². The molecule has 5 heterocycles. The van der Waals surface area contributed by atoms with Gasteiger partial charge in [-0.2, -0.15) is 0 Å². The Morgan fingerprint density at radius 2 is 1.01 bits per heavy atom. The average Bonchev–Trinajstić information content (AvgIpc) is 3.40. The number of fused-ring (bicyclic) bond motifs is 2. The summed E-state index contributed by atoms with van der Waals surface area (Å²) in [6.07, 6.45) is 8.30. The maximum Gasteiger partial charge on any atom is 0.407 e. The lowest BCUT2D eigenvalue weighted by Gasteiger charge is -2.55. The minimum Gasteiger partial charge on any atom is -0.463 e. The number of hydrogen-bond donors (Lipinski definition) is 1. The van der Waals surface area contributed by atoms with E-state index in [-0.39, 0.29) is 39.2 Å². The summed E-state index contributed by atoms with van der Waals surface area (Å²) in [6.45, 7) is 21.2. The minimum atomic E-state index is -1.58. The molecule has 0 aromatic rings. The monoisotopic (exact) mass is 1140 g/mol. The van der Waals surface area contributed by atoms with E-state index in [0.29, 0.717) is 37.5 Å². The zero-order valence-electron chi connectivity index (χ0n) is 50.7. The molecule has 4 bridgehead atoms. The molecule has 0 spiro atoms. The van der Waals surface area contributed by atoms with Crippen molar-refractivity contribution in [3.05, 3.63) is 12.7 Å². The first-order valence-corrected chi connectivity index (χ1v) is 30.3. The smallest absolute Gasteiger partial charge is 0.407 e. The zero-order valence-corrected chi connectivity index (χ0v) is 50.7. The van der Waals surface area contributed by atoms with Crippen LogP contribution < -0.4 is 5.32 Å². The maximum atomic E-state index is 13.5. The van der Waals surface area contributed by atoms with Crippen LogP contribution in [0.3, 0.4) is 0 Å². The summed E-state index contributed by atoms with van der Waals surface area (Å²) in [7, 11) is 0. The quantitative estimate of drug-likeness (QED) is 0.0617. The van der Waals surface area contributed by atoms with Gasteiger partial charge in [0.2, 0.25) is 0 Å². The van der Waals surface area contributed by atoms with Crippen LogP contribution in [0.25, 0.3) is 0 Å². The van der Waals surface area contributed by atoms with Crippen molar-refractivity contribution in [1.29, 1.82) is 0 Å². The molecule has 0 aromatic carbocycles. The number of ether oxygens (including phenoxy) is 11. The summed E-state index contributed by atoms with van der Waals surface area (Å²) in [5.41, 5.74) is -2.19. The summed E-state index contributed by atoms with van der Waals surface area (Å²) in [5.74, 6) is -3.07. The first-order valence-electron chi connectivity index (χ1n) is 30.3. The molecule has 5 fully saturated rings. The number of carbonyl (C=O) groups is 7. The molecule has 0 aliphatic carbocycles. The molecule has 13 unspecified atom stereocenters. The van der Waals surface area contributed by atoms with E-state index >= 15 is 0 Å². The summed E-state index contributed by atoms with van der Waals surface area (Å²) >= 11 is 0. The highest BCUT2D eigenvalue weighted by atomic mass is 16.7. The van der Waals surface area contributed by atoms with Gasteiger partial charge in [0.15, 0.2) is 24.4 Å². The molecular formula is C61H103NO18. The van der Waals surface area contributed by atoms with Gasteiger partial charge in [-0.05, 0) is 50.4 Å². The number of nitrogens with one attached hydrogen (secondary N) is 1. The van der Waals surface area contributed by atoms with Crippen molar-refractivity contribution in [2.45, 2.75) is 284 Å². The maximum absolute atomic E-state index is 13.5. The van der Waals surface area contributed by atoms with E-state index in [2.05, 4.69) is 39.6 Å². The SMILES string of the molecule is C=CC(=O)OCCNC(=O)OCC1OC2C(OC(C)=O)C(OC(C)=O)C1OCCCCCCC(C)CCCCCCCCCCC(C)CCC(CC)(CCC)C1OC(COC(C)=O)C(OC2(CC)CC)C(OC(C)=O)C1OC(C)=O. The highest BCUT2D eigenvalue weighted by molar-refractivity contribution is 5.81. The van der Waals surface area contributed by atoms with Crippen molar-refractivity contribution in [2.24, 2.45) is 17.3 Å². The van der Waals surface area contributed by atoms with Crippen molar-refractivity contribution >= 4 is 41.9 Å². The second kappa shape index (κ2) is 37.0. The van der Waals surface area contributed by atoms with E-state index < -0.39 is 121 Å². The number of alkyl carbamates (subject to hydrolysis) is 1. The van der Waals surface area contributed by atoms with Crippen LogP contribution in [0.4, 0.5) is 4.79 Å². The summed E-state index contributed by atoms with van der Waals surface area (Å²) in [4.78, 5) is 91.3. The van der Waals surface area contributed by atoms with Gasteiger partial charge in [-0.25, -0.2) is 9.59 Å². The fourth-order valence-electron chi connectivity index (χ4n) is 12.1. The van der Waals surface area contributed by atoms with Gasteiger partial charge < -0.3 is 57.4 Å². The van der Waals surface area contributed by atoms with E-state index in [1.165, 1.54) is 86.0 Å². The highest BCUT2D eigenvalue weighted by Gasteiger charge is 2.62. The Labute approximate surface area is 478 Å². The van der Waals surface area contributed by atoms with Crippen LogP contribution in [-0.2, 0) is 80.9 Å². The molecule has 5 aliphatic rings.